The molecule has 0 unspecified atom stereocenters. The van der Waals surface area contributed by atoms with Crippen molar-refractivity contribution < 1.29 is 14.3 Å². The number of aromatic nitrogens is 2. The van der Waals surface area contributed by atoms with Gasteiger partial charge in [-0.25, -0.2) is 9.78 Å². The van der Waals surface area contributed by atoms with E-state index in [4.69, 9.17) is 9.72 Å². The summed E-state index contributed by atoms with van der Waals surface area (Å²) in [5.41, 5.74) is 4.08. The van der Waals surface area contributed by atoms with Gasteiger partial charge in [0.05, 0.1) is 30.3 Å². The number of nitrogens with zero attached hydrogens (tertiary/aromatic N) is 4. The van der Waals surface area contributed by atoms with Crippen LogP contribution in [-0.4, -0.2) is 52.7 Å². The summed E-state index contributed by atoms with van der Waals surface area (Å²) >= 11 is 0. The SMILES string of the molecule is COC(=O)N1c2ccc3c(nc(CC(=O)N4CCCCC4)n3C3CCCCC3)c2CC[C@@H]1C. The minimum absolute atomic E-state index is 0.0861. The average Bonchev–Trinajstić information content (AvgIpc) is 3.22. The van der Waals surface area contributed by atoms with Crippen molar-refractivity contribution in [3.05, 3.63) is 23.5 Å². The number of piperidine rings is 1. The third-order valence-corrected chi connectivity index (χ3v) is 7.86. The number of likely N-dealkylation sites (tertiary alicyclic amines) is 1. The minimum Gasteiger partial charge on any atom is -0.452 e. The number of anilines is 1. The molecular weight excluding hydrogens is 416 g/mol. The van der Waals surface area contributed by atoms with E-state index < -0.39 is 0 Å². The number of methoxy groups -OCH3 is 1. The van der Waals surface area contributed by atoms with Crippen LogP contribution < -0.4 is 4.90 Å². The van der Waals surface area contributed by atoms with Crippen LogP contribution in [0.5, 0.6) is 0 Å². The number of benzene rings is 1. The molecule has 1 aromatic carbocycles. The quantitative estimate of drug-likeness (QED) is 0.657. The molecule has 0 bridgehead atoms. The summed E-state index contributed by atoms with van der Waals surface area (Å²) in [6, 6.07) is 4.65. The van der Waals surface area contributed by atoms with E-state index in [1.54, 1.807) is 4.90 Å². The summed E-state index contributed by atoms with van der Waals surface area (Å²) in [6.45, 7) is 3.79. The first-order valence-corrected chi connectivity index (χ1v) is 12.8. The summed E-state index contributed by atoms with van der Waals surface area (Å²) in [6.07, 6.45) is 11.2. The Hall–Kier alpha value is -2.57. The number of fused-ring (bicyclic) bond motifs is 3. The third kappa shape index (κ3) is 4.11. The highest BCUT2D eigenvalue weighted by atomic mass is 16.5. The highest BCUT2D eigenvalue weighted by Gasteiger charge is 2.33. The summed E-state index contributed by atoms with van der Waals surface area (Å²) in [7, 11) is 1.43. The van der Waals surface area contributed by atoms with Crippen LogP contribution in [0, 0.1) is 0 Å². The summed E-state index contributed by atoms with van der Waals surface area (Å²) in [5, 5.41) is 0. The fraction of sp³-hybridized carbons (Fsp3) is 0.654. The zero-order valence-corrected chi connectivity index (χ0v) is 20.0. The van der Waals surface area contributed by atoms with Gasteiger partial charge in [-0.15, -0.1) is 0 Å². The number of hydrogen-bond acceptors (Lipinski definition) is 4. The van der Waals surface area contributed by atoms with Gasteiger partial charge in [0, 0.05) is 30.7 Å². The number of carbonyl (C=O) groups is 2. The van der Waals surface area contributed by atoms with Gasteiger partial charge in [-0.05, 0) is 64.0 Å². The Morgan fingerprint density at radius 2 is 1.76 bits per heavy atom. The van der Waals surface area contributed by atoms with Crippen LogP contribution >= 0.6 is 0 Å². The molecule has 1 atom stereocenters. The monoisotopic (exact) mass is 452 g/mol. The van der Waals surface area contributed by atoms with Crippen molar-refractivity contribution >= 4 is 28.7 Å². The number of carbonyl (C=O) groups excluding carboxylic acids is 2. The molecule has 2 aromatic rings. The molecule has 178 valence electrons. The Bertz CT molecular complexity index is 1030. The molecule has 5 rings (SSSR count). The second-order valence-corrected chi connectivity index (χ2v) is 9.97. The molecule has 7 heteroatoms. The molecule has 0 spiro atoms. The van der Waals surface area contributed by atoms with E-state index >= 15 is 0 Å². The van der Waals surface area contributed by atoms with Crippen LogP contribution in [-0.2, 0) is 22.4 Å². The molecule has 33 heavy (non-hydrogen) atoms. The van der Waals surface area contributed by atoms with Crippen LogP contribution in [0.3, 0.4) is 0 Å². The van der Waals surface area contributed by atoms with E-state index in [9.17, 15) is 9.59 Å². The first kappa shape index (κ1) is 22.2. The maximum atomic E-state index is 13.2. The maximum Gasteiger partial charge on any atom is 0.414 e. The third-order valence-electron chi connectivity index (χ3n) is 7.86. The fourth-order valence-corrected chi connectivity index (χ4v) is 6.08. The van der Waals surface area contributed by atoms with Gasteiger partial charge < -0.3 is 14.2 Å². The van der Waals surface area contributed by atoms with Gasteiger partial charge in [0.25, 0.3) is 0 Å². The number of rotatable bonds is 3. The molecule has 3 heterocycles. The van der Waals surface area contributed by atoms with Gasteiger partial charge in [0.2, 0.25) is 5.91 Å². The van der Waals surface area contributed by atoms with Crippen molar-refractivity contribution in [3.8, 4) is 0 Å². The molecule has 1 aliphatic carbocycles. The zero-order chi connectivity index (χ0) is 22.9. The number of imidazole rings is 1. The lowest BCUT2D eigenvalue weighted by Crippen LogP contribution is -2.42. The average molecular weight is 453 g/mol. The van der Waals surface area contributed by atoms with Crippen LogP contribution in [0.2, 0.25) is 0 Å². The second-order valence-electron chi connectivity index (χ2n) is 9.97. The predicted octanol–water partition coefficient (Wildman–Crippen LogP) is 5.00. The van der Waals surface area contributed by atoms with E-state index in [-0.39, 0.29) is 18.0 Å². The molecular formula is C26H36N4O3. The molecule has 0 radical (unpaired) electrons. The first-order valence-electron chi connectivity index (χ1n) is 12.8. The molecule has 0 N–H and O–H groups in total. The summed E-state index contributed by atoms with van der Waals surface area (Å²) < 4.78 is 7.46. The minimum atomic E-state index is -0.324. The fourth-order valence-electron chi connectivity index (χ4n) is 6.08. The Labute approximate surface area is 196 Å². The van der Waals surface area contributed by atoms with Crippen LogP contribution in [0.25, 0.3) is 11.0 Å². The molecule has 3 aliphatic rings. The van der Waals surface area contributed by atoms with Crippen molar-refractivity contribution in [1.29, 1.82) is 0 Å². The standard InChI is InChI=1S/C26H36N4O3/c1-18-11-12-20-21(29(18)26(32)33-2)13-14-22-25(20)27-23(30(22)19-9-5-3-6-10-19)17-24(31)28-15-7-4-8-16-28/h13-14,18-19H,3-12,15-17H2,1-2H3/t18-/m0/s1. The van der Waals surface area contributed by atoms with E-state index in [1.165, 1.54) is 32.8 Å². The normalized spacial score (nSPS) is 21.8. The number of hydrogen-bond donors (Lipinski definition) is 0. The van der Waals surface area contributed by atoms with E-state index in [1.807, 2.05) is 4.90 Å². The molecule has 2 fully saturated rings. The summed E-state index contributed by atoms with van der Waals surface area (Å²) in [5.74, 6) is 1.09. The zero-order valence-electron chi connectivity index (χ0n) is 20.0. The Kier molecular flexibility index (Phi) is 6.30. The molecule has 1 saturated heterocycles. The molecule has 7 nitrogen and oxygen atoms in total. The highest BCUT2D eigenvalue weighted by Crippen LogP contribution is 2.39. The summed E-state index contributed by atoms with van der Waals surface area (Å²) in [4.78, 5) is 34.6. The smallest absolute Gasteiger partial charge is 0.414 e. The van der Waals surface area contributed by atoms with Gasteiger partial charge >= 0.3 is 6.09 Å². The topological polar surface area (TPSA) is 67.7 Å². The van der Waals surface area contributed by atoms with E-state index in [2.05, 4.69) is 23.6 Å². The van der Waals surface area contributed by atoms with Crippen molar-refractivity contribution in [2.75, 3.05) is 25.1 Å². The van der Waals surface area contributed by atoms with Crippen LogP contribution in [0.15, 0.2) is 12.1 Å². The first-order chi connectivity index (χ1) is 16.1. The number of amides is 2. The molecule has 2 amide bonds. The van der Waals surface area contributed by atoms with E-state index in [0.29, 0.717) is 12.5 Å². The number of ether oxygens (including phenoxy) is 1. The Morgan fingerprint density at radius 3 is 2.48 bits per heavy atom. The van der Waals surface area contributed by atoms with Crippen molar-refractivity contribution in [2.45, 2.75) is 89.6 Å². The van der Waals surface area contributed by atoms with Crippen LogP contribution in [0.1, 0.15) is 82.1 Å². The van der Waals surface area contributed by atoms with Gasteiger partial charge in [0.1, 0.15) is 5.82 Å². The highest BCUT2D eigenvalue weighted by molar-refractivity contribution is 5.95. The lowest BCUT2D eigenvalue weighted by Gasteiger charge is -2.34. The number of aryl methyl sites for hydroxylation is 1. The van der Waals surface area contributed by atoms with Gasteiger partial charge in [-0.2, -0.15) is 0 Å². The maximum absolute atomic E-state index is 13.2. The van der Waals surface area contributed by atoms with E-state index in [0.717, 1.165) is 79.7 Å². The van der Waals surface area contributed by atoms with Gasteiger partial charge in [0.15, 0.2) is 0 Å². The molecule has 2 aliphatic heterocycles. The second kappa shape index (κ2) is 9.35. The van der Waals surface area contributed by atoms with Gasteiger partial charge in [-0.1, -0.05) is 19.3 Å². The lowest BCUT2D eigenvalue weighted by molar-refractivity contribution is -0.131. The predicted molar refractivity (Wildman–Crippen MR) is 129 cm³/mol. The lowest BCUT2D eigenvalue weighted by atomic mass is 9.94. The largest absolute Gasteiger partial charge is 0.452 e. The Morgan fingerprint density at radius 1 is 1.03 bits per heavy atom. The van der Waals surface area contributed by atoms with Crippen molar-refractivity contribution in [2.24, 2.45) is 0 Å². The van der Waals surface area contributed by atoms with Crippen molar-refractivity contribution in [3.63, 3.8) is 0 Å². The van der Waals surface area contributed by atoms with Gasteiger partial charge in [-0.3, -0.25) is 9.69 Å². The molecule has 1 aromatic heterocycles. The van der Waals surface area contributed by atoms with Crippen LogP contribution in [0.4, 0.5) is 10.5 Å². The van der Waals surface area contributed by atoms with Crippen molar-refractivity contribution in [1.82, 2.24) is 14.5 Å². The Balaban J connectivity index is 1.58. The molecule has 1 saturated carbocycles.